The summed E-state index contributed by atoms with van der Waals surface area (Å²) in [6, 6.07) is 3.00. The fourth-order valence-corrected chi connectivity index (χ4v) is 4.85. The van der Waals surface area contributed by atoms with Crippen molar-refractivity contribution in [3.63, 3.8) is 0 Å². The Labute approximate surface area is 213 Å². The molecule has 0 spiro atoms. The number of halogens is 1. The molecule has 0 bridgehead atoms. The van der Waals surface area contributed by atoms with Gasteiger partial charge in [-0.05, 0) is 64.7 Å². The lowest BCUT2D eigenvalue weighted by molar-refractivity contribution is -0.00206. The van der Waals surface area contributed by atoms with Gasteiger partial charge in [0.25, 0.3) is 5.91 Å². The molecule has 9 nitrogen and oxygen atoms in total. The number of aryl methyl sites for hydroxylation is 1. The van der Waals surface area contributed by atoms with E-state index in [1.165, 1.54) is 17.4 Å². The number of amides is 2. The number of fused-ring (bicyclic) bond motifs is 1. The third-order valence-corrected chi connectivity index (χ3v) is 6.77. The normalized spacial score (nSPS) is 14.9. The molecular formula is C25H31FN6O3S. The molecule has 0 aromatic carbocycles. The summed E-state index contributed by atoms with van der Waals surface area (Å²) in [7, 11) is 0. The average Bonchev–Trinajstić information content (AvgIpc) is 3.13. The number of rotatable bonds is 7. The number of pyridine rings is 1. The zero-order chi connectivity index (χ0) is 26.0. The molecule has 1 fully saturated rings. The van der Waals surface area contributed by atoms with Gasteiger partial charge in [0, 0.05) is 30.7 Å². The molecule has 36 heavy (non-hydrogen) atoms. The van der Waals surface area contributed by atoms with Gasteiger partial charge < -0.3 is 20.3 Å². The highest BCUT2D eigenvalue weighted by Gasteiger charge is 2.33. The van der Waals surface area contributed by atoms with Gasteiger partial charge in [0.2, 0.25) is 5.95 Å². The van der Waals surface area contributed by atoms with Crippen LogP contribution in [0.3, 0.4) is 0 Å². The van der Waals surface area contributed by atoms with E-state index in [4.69, 9.17) is 4.74 Å². The molecule has 1 aliphatic heterocycles. The fourth-order valence-electron chi connectivity index (χ4n) is 3.91. The van der Waals surface area contributed by atoms with Crippen LogP contribution in [0.25, 0.3) is 10.2 Å². The number of aromatic nitrogens is 3. The first-order valence-corrected chi connectivity index (χ1v) is 12.7. The second kappa shape index (κ2) is 10.3. The zero-order valence-electron chi connectivity index (χ0n) is 21.1. The van der Waals surface area contributed by atoms with E-state index >= 15 is 0 Å². The minimum atomic E-state index is -0.515. The van der Waals surface area contributed by atoms with Crippen LogP contribution in [0.15, 0.2) is 24.5 Å². The number of hydrogen-bond donors (Lipinski definition) is 2. The lowest BCUT2D eigenvalue weighted by Crippen LogP contribution is -2.52. The van der Waals surface area contributed by atoms with Gasteiger partial charge >= 0.3 is 6.09 Å². The Bertz CT molecular complexity index is 1270. The minimum Gasteiger partial charge on any atom is -0.444 e. The van der Waals surface area contributed by atoms with Crippen molar-refractivity contribution in [1.82, 2.24) is 25.2 Å². The maximum absolute atomic E-state index is 13.6. The molecule has 1 saturated heterocycles. The number of thiophene rings is 1. The summed E-state index contributed by atoms with van der Waals surface area (Å²) in [5.74, 6) is -0.109. The summed E-state index contributed by atoms with van der Waals surface area (Å²) >= 11 is 1.47. The van der Waals surface area contributed by atoms with Gasteiger partial charge in [-0.15, -0.1) is 11.3 Å². The Morgan fingerprint density at radius 1 is 1.25 bits per heavy atom. The summed E-state index contributed by atoms with van der Waals surface area (Å²) < 4.78 is 19.7. The number of anilines is 1. The van der Waals surface area contributed by atoms with Crippen LogP contribution in [0.2, 0.25) is 0 Å². The van der Waals surface area contributed by atoms with Crippen LogP contribution < -0.4 is 10.6 Å². The quantitative estimate of drug-likeness (QED) is 0.471. The van der Waals surface area contributed by atoms with E-state index in [1.54, 1.807) is 11.1 Å². The van der Waals surface area contributed by atoms with Gasteiger partial charge in [-0.25, -0.2) is 19.2 Å². The number of carbonyl (C=O) groups excluding carboxylic acids is 2. The second-order valence-corrected chi connectivity index (χ2v) is 11.3. The standard InChI is InChI=1S/C25H31FN6O3S/c1-14-8-19-21(36-14)20(31-23(30-19)29-15(2)17-9-18(26)11-27-10-17)22(33)28-7-6-16-12-32(13-16)24(34)35-25(3,4)5/h8-11,15-16H,6-7,12-13H2,1-5H3,(H,28,33)(H,29,30,31). The van der Waals surface area contributed by atoms with Crippen molar-refractivity contribution in [1.29, 1.82) is 0 Å². The van der Waals surface area contributed by atoms with Crippen molar-refractivity contribution in [3.8, 4) is 0 Å². The topological polar surface area (TPSA) is 109 Å². The van der Waals surface area contributed by atoms with Crippen LogP contribution in [-0.4, -0.2) is 57.1 Å². The van der Waals surface area contributed by atoms with Crippen LogP contribution in [0.4, 0.5) is 15.1 Å². The first kappa shape index (κ1) is 25.7. The number of likely N-dealkylation sites (tertiary alicyclic amines) is 1. The lowest BCUT2D eigenvalue weighted by atomic mass is 9.97. The first-order valence-electron chi connectivity index (χ1n) is 11.9. The van der Waals surface area contributed by atoms with E-state index in [2.05, 4.69) is 25.6 Å². The largest absolute Gasteiger partial charge is 0.444 e. The third-order valence-electron chi connectivity index (χ3n) is 5.73. The van der Waals surface area contributed by atoms with Gasteiger partial charge in [0.15, 0.2) is 5.69 Å². The molecule has 0 aliphatic carbocycles. The Morgan fingerprint density at radius 3 is 2.69 bits per heavy atom. The number of nitrogens with zero attached hydrogens (tertiary/aromatic N) is 4. The second-order valence-electron chi connectivity index (χ2n) is 10.1. The summed E-state index contributed by atoms with van der Waals surface area (Å²) in [5, 5.41) is 6.11. The number of ether oxygens (including phenoxy) is 1. The SMILES string of the molecule is Cc1cc2nc(NC(C)c3cncc(F)c3)nc(C(=O)NCCC3CN(C(=O)OC(C)(C)C)C3)c2s1. The molecule has 4 heterocycles. The summed E-state index contributed by atoms with van der Waals surface area (Å²) in [6.45, 7) is 11.0. The Hall–Kier alpha value is -3.34. The zero-order valence-corrected chi connectivity index (χ0v) is 21.9. The smallest absolute Gasteiger partial charge is 0.410 e. The molecule has 0 radical (unpaired) electrons. The molecule has 3 aromatic heterocycles. The average molecular weight is 515 g/mol. The van der Waals surface area contributed by atoms with Gasteiger partial charge in [-0.1, -0.05) is 0 Å². The number of carbonyl (C=O) groups is 2. The van der Waals surface area contributed by atoms with Crippen molar-refractivity contribution in [2.24, 2.45) is 5.92 Å². The fraction of sp³-hybridized carbons (Fsp3) is 0.480. The van der Waals surface area contributed by atoms with Crippen LogP contribution >= 0.6 is 11.3 Å². The minimum absolute atomic E-state index is 0.282. The molecule has 0 saturated carbocycles. The predicted octanol–water partition coefficient (Wildman–Crippen LogP) is 4.69. The van der Waals surface area contributed by atoms with Crippen LogP contribution in [0.1, 0.15) is 61.1 Å². The molecule has 2 amide bonds. The monoisotopic (exact) mass is 514 g/mol. The van der Waals surface area contributed by atoms with Crippen molar-refractivity contribution < 1.29 is 18.7 Å². The van der Waals surface area contributed by atoms with Crippen LogP contribution in [-0.2, 0) is 4.74 Å². The lowest BCUT2D eigenvalue weighted by Gasteiger charge is -2.39. The third kappa shape index (κ3) is 6.26. The highest BCUT2D eigenvalue weighted by atomic mass is 32.1. The highest BCUT2D eigenvalue weighted by molar-refractivity contribution is 7.19. The van der Waals surface area contributed by atoms with Gasteiger partial charge in [-0.2, -0.15) is 0 Å². The number of nitrogens with one attached hydrogen (secondary N) is 2. The van der Waals surface area contributed by atoms with E-state index in [-0.39, 0.29) is 24.0 Å². The summed E-state index contributed by atoms with van der Waals surface area (Å²) in [4.78, 5) is 40.8. The molecule has 192 valence electrons. The maximum atomic E-state index is 13.6. The molecule has 1 unspecified atom stereocenters. The van der Waals surface area contributed by atoms with E-state index < -0.39 is 11.4 Å². The van der Waals surface area contributed by atoms with Gasteiger partial charge in [-0.3, -0.25) is 9.78 Å². The van der Waals surface area contributed by atoms with Crippen molar-refractivity contribution in [2.75, 3.05) is 25.0 Å². The van der Waals surface area contributed by atoms with Crippen molar-refractivity contribution in [3.05, 3.63) is 46.5 Å². The van der Waals surface area contributed by atoms with Gasteiger partial charge in [0.05, 0.1) is 22.5 Å². The van der Waals surface area contributed by atoms with Gasteiger partial charge in [0.1, 0.15) is 11.4 Å². The van der Waals surface area contributed by atoms with Crippen LogP contribution in [0, 0.1) is 18.7 Å². The molecule has 1 atom stereocenters. The van der Waals surface area contributed by atoms with Crippen molar-refractivity contribution >= 4 is 39.5 Å². The highest BCUT2D eigenvalue weighted by Crippen LogP contribution is 2.28. The van der Waals surface area contributed by atoms with E-state index in [9.17, 15) is 14.0 Å². The molecular weight excluding hydrogens is 483 g/mol. The molecule has 11 heteroatoms. The first-order chi connectivity index (χ1) is 17.0. The molecule has 2 N–H and O–H groups in total. The number of hydrogen-bond acceptors (Lipinski definition) is 8. The molecule has 3 aromatic rings. The summed E-state index contributed by atoms with van der Waals surface area (Å²) in [6.07, 6.45) is 3.17. The van der Waals surface area contributed by atoms with E-state index in [1.807, 2.05) is 40.7 Å². The van der Waals surface area contributed by atoms with E-state index in [0.29, 0.717) is 42.3 Å². The Morgan fingerprint density at radius 2 is 2.00 bits per heavy atom. The van der Waals surface area contributed by atoms with Crippen molar-refractivity contribution in [2.45, 2.75) is 52.7 Å². The molecule has 4 rings (SSSR count). The van der Waals surface area contributed by atoms with E-state index in [0.717, 1.165) is 22.2 Å². The maximum Gasteiger partial charge on any atom is 0.410 e. The van der Waals surface area contributed by atoms with Crippen LogP contribution in [0.5, 0.6) is 0 Å². The Balaban J connectivity index is 1.37. The summed E-state index contributed by atoms with van der Waals surface area (Å²) in [5.41, 5.74) is 1.11. The Kier molecular flexibility index (Phi) is 7.39. The molecule has 1 aliphatic rings. The predicted molar refractivity (Wildman–Crippen MR) is 137 cm³/mol.